The summed E-state index contributed by atoms with van der Waals surface area (Å²) in [7, 11) is 0. The Morgan fingerprint density at radius 3 is 2.86 bits per heavy atom. The molecule has 1 aromatic heterocycles. The molecule has 2 rings (SSSR count). The fraction of sp³-hybridized carbons (Fsp3) is 0.727. The Morgan fingerprint density at radius 2 is 2.21 bits per heavy atom. The molecule has 1 aromatic rings. The van der Waals surface area contributed by atoms with E-state index < -0.39 is 0 Å². The third kappa shape index (κ3) is 1.82. The number of aryl methyl sites for hydroxylation is 2. The zero-order valence-corrected chi connectivity index (χ0v) is 8.99. The SMILES string of the molecule is CCc1cc(C)nn1C1CCOCC1. The van der Waals surface area contributed by atoms with Crippen LogP contribution in [0.15, 0.2) is 6.07 Å². The van der Waals surface area contributed by atoms with E-state index in [1.54, 1.807) is 0 Å². The second-order valence-electron chi connectivity index (χ2n) is 3.92. The molecule has 0 atom stereocenters. The zero-order chi connectivity index (χ0) is 9.97. The summed E-state index contributed by atoms with van der Waals surface area (Å²) in [5, 5.41) is 4.57. The van der Waals surface area contributed by atoms with Gasteiger partial charge in [0.1, 0.15) is 0 Å². The van der Waals surface area contributed by atoms with Crippen molar-refractivity contribution in [2.75, 3.05) is 13.2 Å². The Kier molecular flexibility index (Phi) is 2.87. The molecule has 0 aromatic carbocycles. The van der Waals surface area contributed by atoms with Crippen LogP contribution in [-0.2, 0) is 11.2 Å². The molecule has 1 aliphatic heterocycles. The lowest BCUT2D eigenvalue weighted by Crippen LogP contribution is -2.21. The lowest BCUT2D eigenvalue weighted by molar-refractivity contribution is 0.0654. The Bertz CT molecular complexity index is 300. The summed E-state index contributed by atoms with van der Waals surface area (Å²) in [5.41, 5.74) is 2.49. The first kappa shape index (κ1) is 9.71. The first-order chi connectivity index (χ1) is 6.81. The van der Waals surface area contributed by atoms with Crippen LogP contribution in [0.1, 0.15) is 37.2 Å². The Morgan fingerprint density at radius 1 is 1.50 bits per heavy atom. The van der Waals surface area contributed by atoms with Gasteiger partial charge < -0.3 is 4.74 Å². The van der Waals surface area contributed by atoms with E-state index in [2.05, 4.69) is 29.7 Å². The van der Waals surface area contributed by atoms with Crippen LogP contribution < -0.4 is 0 Å². The summed E-state index contributed by atoms with van der Waals surface area (Å²) >= 11 is 0. The van der Waals surface area contributed by atoms with Crippen LogP contribution in [0.2, 0.25) is 0 Å². The van der Waals surface area contributed by atoms with Gasteiger partial charge in [-0.3, -0.25) is 4.68 Å². The second-order valence-corrected chi connectivity index (χ2v) is 3.92. The maximum absolute atomic E-state index is 5.36. The van der Waals surface area contributed by atoms with Crippen molar-refractivity contribution in [1.82, 2.24) is 9.78 Å². The predicted octanol–water partition coefficient (Wildman–Crippen LogP) is 2.11. The van der Waals surface area contributed by atoms with E-state index >= 15 is 0 Å². The molecule has 3 heteroatoms. The van der Waals surface area contributed by atoms with Crippen molar-refractivity contribution in [3.63, 3.8) is 0 Å². The second kappa shape index (κ2) is 4.13. The molecule has 0 amide bonds. The fourth-order valence-electron chi connectivity index (χ4n) is 2.08. The van der Waals surface area contributed by atoms with Crippen LogP contribution in [0, 0.1) is 6.92 Å². The van der Waals surface area contributed by atoms with Crippen molar-refractivity contribution in [2.45, 2.75) is 39.2 Å². The van der Waals surface area contributed by atoms with Crippen LogP contribution >= 0.6 is 0 Å². The molecule has 78 valence electrons. The molecular weight excluding hydrogens is 176 g/mol. The van der Waals surface area contributed by atoms with Gasteiger partial charge in [-0.05, 0) is 32.3 Å². The average molecular weight is 194 g/mol. The number of rotatable bonds is 2. The van der Waals surface area contributed by atoms with Crippen molar-refractivity contribution in [3.05, 3.63) is 17.5 Å². The van der Waals surface area contributed by atoms with Crippen molar-refractivity contribution in [3.8, 4) is 0 Å². The van der Waals surface area contributed by atoms with Crippen LogP contribution in [0.4, 0.5) is 0 Å². The maximum Gasteiger partial charge on any atom is 0.0596 e. The summed E-state index contributed by atoms with van der Waals surface area (Å²) in [6.45, 7) is 6.01. The first-order valence-electron chi connectivity index (χ1n) is 5.44. The first-order valence-corrected chi connectivity index (χ1v) is 5.44. The van der Waals surface area contributed by atoms with Crippen molar-refractivity contribution in [1.29, 1.82) is 0 Å². The van der Waals surface area contributed by atoms with Crippen molar-refractivity contribution >= 4 is 0 Å². The normalized spacial score (nSPS) is 18.7. The molecule has 0 spiro atoms. The van der Waals surface area contributed by atoms with E-state index in [1.807, 2.05) is 0 Å². The zero-order valence-electron chi connectivity index (χ0n) is 8.99. The minimum atomic E-state index is 0.562. The molecule has 3 nitrogen and oxygen atoms in total. The Hall–Kier alpha value is -0.830. The molecule has 1 aliphatic rings. The number of ether oxygens (including phenoxy) is 1. The van der Waals surface area contributed by atoms with Crippen LogP contribution in [0.3, 0.4) is 0 Å². The summed E-state index contributed by atoms with van der Waals surface area (Å²) in [5.74, 6) is 0. The molecule has 1 saturated heterocycles. The van der Waals surface area contributed by atoms with Gasteiger partial charge in [-0.2, -0.15) is 5.10 Å². The van der Waals surface area contributed by atoms with Crippen molar-refractivity contribution < 1.29 is 4.74 Å². The van der Waals surface area contributed by atoms with Gasteiger partial charge in [0, 0.05) is 18.9 Å². The van der Waals surface area contributed by atoms with E-state index in [9.17, 15) is 0 Å². The molecule has 0 saturated carbocycles. The Balaban J connectivity index is 2.20. The Labute approximate surface area is 85.1 Å². The third-order valence-electron chi connectivity index (χ3n) is 2.83. The highest BCUT2D eigenvalue weighted by atomic mass is 16.5. The summed E-state index contributed by atoms with van der Waals surface area (Å²) in [6, 6.07) is 2.75. The largest absolute Gasteiger partial charge is 0.381 e. The monoisotopic (exact) mass is 194 g/mol. The number of aromatic nitrogens is 2. The molecule has 0 radical (unpaired) electrons. The van der Waals surface area contributed by atoms with Crippen LogP contribution in [-0.4, -0.2) is 23.0 Å². The molecule has 0 N–H and O–H groups in total. The van der Waals surface area contributed by atoms with Gasteiger partial charge in [-0.25, -0.2) is 0 Å². The predicted molar refractivity (Wildman–Crippen MR) is 55.4 cm³/mol. The van der Waals surface area contributed by atoms with E-state index in [-0.39, 0.29) is 0 Å². The van der Waals surface area contributed by atoms with Gasteiger partial charge in [-0.1, -0.05) is 6.92 Å². The van der Waals surface area contributed by atoms with E-state index in [1.165, 1.54) is 5.69 Å². The van der Waals surface area contributed by atoms with E-state index in [0.29, 0.717) is 6.04 Å². The topological polar surface area (TPSA) is 27.1 Å². The van der Waals surface area contributed by atoms with Gasteiger partial charge in [0.05, 0.1) is 11.7 Å². The maximum atomic E-state index is 5.36. The van der Waals surface area contributed by atoms with Gasteiger partial charge in [0.15, 0.2) is 0 Å². The quantitative estimate of drug-likeness (QED) is 0.721. The minimum Gasteiger partial charge on any atom is -0.381 e. The van der Waals surface area contributed by atoms with Gasteiger partial charge >= 0.3 is 0 Å². The molecule has 14 heavy (non-hydrogen) atoms. The molecule has 0 aliphatic carbocycles. The molecule has 2 heterocycles. The summed E-state index contributed by atoms with van der Waals surface area (Å²) in [4.78, 5) is 0. The average Bonchev–Trinajstić information content (AvgIpc) is 2.61. The highest BCUT2D eigenvalue weighted by Crippen LogP contribution is 2.22. The number of nitrogens with zero attached hydrogens (tertiary/aromatic N) is 2. The van der Waals surface area contributed by atoms with Crippen molar-refractivity contribution in [2.24, 2.45) is 0 Å². The molecule has 1 fully saturated rings. The number of hydrogen-bond acceptors (Lipinski definition) is 2. The summed E-state index contributed by atoms with van der Waals surface area (Å²) < 4.78 is 7.57. The highest BCUT2D eigenvalue weighted by molar-refractivity contribution is 5.09. The van der Waals surface area contributed by atoms with Crippen LogP contribution in [0.5, 0.6) is 0 Å². The third-order valence-corrected chi connectivity index (χ3v) is 2.83. The van der Waals surface area contributed by atoms with Gasteiger partial charge in [0.25, 0.3) is 0 Å². The minimum absolute atomic E-state index is 0.562. The van der Waals surface area contributed by atoms with E-state index in [4.69, 9.17) is 4.74 Å². The lowest BCUT2D eigenvalue weighted by atomic mass is 10.1. The molecular formula is C11H18N2O. The standard InChI is InChI=1S/C11H18N2O/c1-3-10-8-9(2)12-13(10)11-4-6-14-7-5-11/h8,11H,3-7H2,1-2H3. The lowest BCUT2D eigenvalue weighted by Gasteiger charge is -2.24. The fourth-order valence-corrected chi connectivity index (χ4v) is 2.08. The van der Waals surface area contributed by atoms with Gasteiger partial charge in [-0.15, -0.1) is 0 Å². The van der Waals surface area contributed by atoms with Gasteiger partial charge in [0.2, 0.25) is 0 Å². The smallest absolute Gasteiger partial charge is 0.0596 e. The molecule has 0 bridgehead atoms. The highest BCUT2D eigenvalue weighted by Gasteiger charge is 2.18. The summed E-state index contributed by atoms with van der Waals surface area (Å²) in [6.07, 6.45) is 3.28. The molecule has 0 unspecified atom stereocenters. The van der Waals surface area contributed by atoms with Crippen LogP contribution in [0.25, 0.3) is 0 Å². The van der Waals surface area contributed by atoms with E-state index in [0.717, 1.165) is 38.2 Å². The number of hydrogen-bond donors (Lipinski definition) is 0.